The molecule has 0 unspecified atom stereocenters. The van der Waals surface area contributed by atoms with Gasteiger partial charge in [-0.05, 0) is 13.3 Å². The Morgan fingerprint density at radius 2 is 2.33 bits per heavy atom. The molecule has 2 nitrogen and oxygen atoms in total. The van der Waals surface area contributed by atoms with E-state index in [4.69, 9.17) is 0 Å². The number of rotatable bonds is 4. The molecule has 0 aromatic carbocycles. The highest BCUT2D eigenvalue weighted by Crippen LogP contribution is 1.84. The molecule has 2 heteroatoms. The fraction of sp³-hybridized carbons (Fsp3) is 0.714. The maximum absolute atomic E-state index is 9.87. The van der Waals surface area contributed by atoms with Crippen LogP contribution in [0.25, 0.3) is 0 Å². The fourth-order valence-corrected chi connectivity index (χ4v) is 0.489. The Labute approximate surface area is 56.0 Å². The number of allylic oxidation sites excluding steroid dienone is 1. The minimum Gasteiger partial charge on any atom is -0.380 e. The van der Waals surface area contributed by atoms with Gasteiger partial charge in [0, 0.05) is 6.54 Å². The van der Waals surface area contributed by atoms with E-state index in [0.717, 1.165) is 19.4 Å². The first-order valence-electron chi connectivity index (χ1n) is 3.26. The van der Waals surface area contributed by atoms with E-state index < -0.39 is 0 Å². The quantitative estimate of drug-likeness (QED) is 0.453. The van der Waals surface area contributed by atoms with Gasteiger partial charge in [0.2, 0.25) is 0 Å². The first kappa shape index (κ1) is 8.25. The van der Waals surface area contributed by atoms with Gasteiger partial charge >= 0.3 is 0 Å². The Morgan fingerprint density at radius 3 is 2.78 bits per heavy atom. The molecule has 0 aliphatic rings. The first-order chi connectivity index (χ1) is 4.31. The van der Waals surface area contributed by atoms with Crippen LogP contribution in [0, 0.1) is 0 Å². The lowest BCUT2D eigenvalue weighted by atomic mass is 10.3. The Morgan fingerprint density at radius 1 is 1.67 bits per heavy atom. The van der Waals surface area contributed by atoms with Crippen molar-refractivity contribution in [3.8, 4) is 0 Å². The van der Waals surface area contributed by atoms with Gasteiger partial charge in [0.05, 0.1) is 5.70 Å². The van der Waals surface area contributed by atoms with Crippen molar-refractivity contribution in [2.75, 3.05) is 6.54 Å². The molecule has 0 rings (SSSR count). The van der Waals surface area contributed by atoms with Crippen molar-refractivity contribution in [1.29, 1.82) is 0 Å². The number of carbonyl (C=O) groups excluding carboxylic acids is 1. The van der Waals surface area contributed by atoms with Crippen molar-refractivity contribution < 1.29 is 4.79 Å². The molecule has 0 aromatic heterocycles. The highest BCUT2D eigenvalue weighted by molar-refractivity contribution is 5.50. The number of unbranched alkanes of at least 4 members (excludes halogenated alkanes) is 1. The van der Waals surface area contributed by atoms with Crippen LogP contribution in [0.4, 0.5) is 0 Å². The van der Waals surface area contributed by atoms with E-state index in [1.54, 1.807) is 12.9 Å². The molecule has 0 heterocycles. The Balaban J connectivity index is 3.17. The third-order valence-electron chi connectivity index (χ3n) is 1.07. The smallest absolute Gasteiger partial charge is 0.145 e. The molecule has 1 N–H and O–H groups in total. The molecule has 0 radical (unpaired) electrons. The summed E-state index contributed by atoms with van der Waals surface area (Å²) in [6.07, 6.45) is 2.26. The predicted octanol–water partition coefficient (Wildman–Crippen LogP) is 1.11. The summed E-state index contributed by atoms with van der Waals surface area (Å²) < 4.78 is 0. The van der Waals surface area contributed by atoms with E-state index in [1.807, 2.05) is 0 Å². The second kappa shape index (κ2) is 5.39. The summed E-state index contributed by atoms with van der Waals surface area (Å²) in [5.74, 6) is 1.78. The van der Waals surface area contributed by atoms with Crippen molar-refractivity contribution in [3.05, 3.63) is 5.70 Å². The standard InChI is InChI=1S/C7H13NO/c1-3-4-5-8-7(2)6-9/h8H,3-5H2,1-2H3. The molecular formula is C7H13NO. The second-order valence-corrected chi connectivity index (χ2v) is 2.01. The maximum atomic E-state index is 9.87. The van der Waals surface area contributed by atoms with E-state index >= 15 is 0 Å². The van der Waals surface area contributed by atoms with Crippen LogP contribution in [0.15, 0.2) is 5.70 Å². The van der Waals surface area contributed by atoms with E-state index in [2.05, 4.69) is 12.2 Å². The highest BCUT2D eigenvalue weighted by Gasteiger charge is 1.84. The van der Waals surface area contributed by atoms with Gasteiger partial charge in [-0.2, -0.15) is 0 Å². The monoisotopic (exact) mass is 127 g/mol. The zero-order valence-corrected chi connectivity index (χ0v) is 6.03. The lowest BCUT2D eigenvalue weighted by Crippen LogP contribution is -2.12. The molecular weight excluding hydrogens is 114 g/mol. The van der Waals surface area contributed by atoms with E-state index in [1.165, 1.54) is 0 Å². The summed E-state index contributed by atoms with van der Waals surface area (Å²) in [6.45, 7) is 4.72. The fourth-order valence-electron chi connectivity index (χ4n) is 0.489. The van der Waals surface area contributed by atoms with Crippen LogP contribution in [0.2, 0.25) is 0 Å². The summed E-state index contributed by atoms with van der Waals surface area (Å²) in [6, 6.07) is 0. The van der Waals surface area contributed by atoms with Gasteiger partial charge in [-0.15, -0.1) is 0 Å². The van der Waals surface area contributed by atoms with Crippen LogP contribution in [-0.2, 0) is 4.79 Å². The Kier molecular flexibility index (Phi) is 4.94. The Hall–Kier alpha value is -0.750. The van der Waals surface area contributed by atoms with Gasteiger partial charge in [-0.25, -0.2) is 4.79 Å². The van der Waals surface area contributed by atoms with Crippen LogP contribution >= 0.6 is 0 Å². The van der Waals surface area contributed by atoms with Gasteiger partial charge in [-0.3, -0.25) is 0 Å². The van der Waals surface area contributed by atoms with Crippen molar-refractivity contribution in [1.82, 2.24) is 5.32 Å². The lowest BCUT2D eigenvalue weighted by molar-refractivity contribution is 0.563. The van der Waals surface area contributed by atoms with Gasteiger partial charge in [0.1, 0.15) is 5.94 Å². The molecule has 0 aliphatic heterocycles. The molecule has 0 atom stereocenters. The predicted molar refractivity (Wildman–Crippen MR) is 37.8 cm³/mol. The molecule has 0 bridgehead atoms. The van der Waals surface area contributed by atoms with Crippen molar-refractivity contribution in [2.45, 2.75) is 26.7 Å². The molecule has 0 saturated heterocycles. The molecule has 0 saturated carbocycles. The van der Waals surface area contributed by atoms with E-state index in [9.17, 15) is 4.79 Å². The molecule has 0 aliphatic carbocycles. The van der Waals surface area contributed by atoms with Crippen LogP contribution in [-0.4, -0.2) is 12.5 Å². The van der Waals surface area contributed by atoms with Crippen molar-refractivity contribution >= 4 is 5.94 Å². The zero-order chi connectivity index (χ0) is 7.11. The van der Waals surface area contributed by atoms with Crippen LogP contribution in [0.1, 0.15) is 26.7 Å². The molecule has 0 fully saturated rings. The number of nitrogens with one attached hydrogen (secondary N) is 1. The molecule has 0 aromatic rings. The minimum absolute atomic E-state index is 0.600. The van der Waals surface area contributed by atoms with Crippen LogP contribution in [0.5, 0.6) is 0 Å². The average molecular weight is 127 g/mol. The topological polar surface area (TPSA) is 29.1 Å². The zero-order valence-electron chi connectivity index (χ0n) is 6.03. The summed E-state index contributed by atoms with van der Waals surface area (Å²) in [4.78, 5) is 9.87. The first-order valence-corrected chi connectivity index (χ1v) is 3.26. The van der Waals surface area contributed by atoms with Crippen molar-refractivity contribution in [3.63, 3.8) is 0 Å². The van der Waals surface area contributed by atoms with Gasteiger partial charge < -0.3 is 5.32 Å². The van der Waals surface area contributed by atoms with E-state index in [-0.39, 0.29) is 0 Å². The minimum atomic E-state index is 0.600. The SMILES string of the molecule is CCCCNC(C)=C=O. The third-order valence-corrected chi connectivity index (χ3v) is 1.07. The van der Waals surface area contributed by atoms with Gasteiger partial charge in [0.15, 0.2) is 0 Å². The van der Waals surface area contributed by atoms with Crippen LogP contribution < -0.4 is 5.32 Å². The molecule has 9 heavy (non-hydrogen) atoms. The maximum Gasteiger partial charge on any atom is 0.145 e. The number of hydrogen-bond acceptors (Lipinski definition) is 2. The summed E-state index contributed by atoms with van der Waals surface area (Å²) in [7, 11) is 0. The average Bonchev–Trinajstić information content (AvgIpc) is 1.89. The van der Waals surface area contributed by atoms with Gasteiger partial charge in [-0.1, -0.05) is 13.3 Å². The number of hydrogen-bond donors (Lipinski definition) is 1. The van der Waals surface area contributed by atoms with E-state index in [0.29, 0.717) is 5.70 Å². The highest BCUT2D eigenvalue weighted by atomic mass is 16.1. The summed E-state index contributed by atoms with van der Waals surface area (Å²) in [5, 5.41) is 2.93. The van der Waals surface area contributed by atoms with Crippen LogP contribution in [0.3, 0.4) is 0 Å². The van der Waals surface area contributed by atoms with Gasteiger partial charge in [0.25, 0.3) is 0 Å². The lowest BCUT2D eigenvalue weighted by Gasteiger charge is -1.98. The second-order valence-electron chi connectivity index (χ2n) is 2.01. The normalized spacial score (nSPS) is 8.22. The Bertz CT molecular complexity index is 114. The van der Waals surface area contributed by atoms with Crippen molar-refractivity contribution in [2.24, 2.45) is 0 Å². The third kappa shape index (κ3) is 5.12. The largest absolute Gasteiger partial charge is 0.380 e. The molecule has 52 valence electrons. The molecule has 0 spiro atoms. The summed E-state index contributed by atoms with van der Waals surface area (Å²) in [5.41, 5.74) is 0.600. The molecule has 0 amide bonds. The summed E-state index contributed by atoms with van der Waals surface area (Å²) >= 11 is 0.